The van der Waals surface area contributed by atoms with E-state index in [1.807, 2.05) is 48.0 Å². The molecule has 0 saturated heterocycles. The van der Waals surface area contributed by atoms with E-state index in [0.717, 1.165) is 11.1 Å². The zero-order valence-electron chi connectivity index (χ0n) is 6.82. The molecular weight excluding hydrogens is 150 g/mol. The van der Waals surface area contributed by atoms with Gasteiger partial charge in [-0.15, -0.1) is 0 Å². The SMILES string of the molecule is Cc1cc[n+]2ccccc2c1[O-]. The predicted octanol–water partition coefficient (Wildman–Crippen LogP) is 0.807. The van der Waals surface area contributed by atoms with Crippen molar-refractivity contribution >= 4 is 5.52 Å². The molecule has 2 rings (SSSR count). The van der Waals surface area contributed by atoms with E-state index in [9.17, 15) is 5.11 Å². The van der Waals surface area contributed by atoms with Gasteiger partial charge in [0, 0.05) is 18.2 Å². The molecule has 0 aliphatic carbocycles. The van der Waals surface area contributed by atoms with Crippen LogP contribution in [0.25, 0.3) is 5.52 Å². The van der Waals surface area contributed by atoms with Crippen LogP contribution in [0.2, 0.25) is 0 Å². The third-order valence-corrected chi connectivity index (χ3v) is 1.97. The van der Waals surface area contributed by atoms with Gasteiger partial charge in [0.25, 0.3) is 0 Å². The molecule has 0 bridgehead atoms. The Morgan fingerprint density at radius 1 is 1.17 bits per heavy atom. The lowest BCUT2D eigenvalue weighted by molar-refractivity contribution is -0.516. The molecule has 60 valence electrons. The topological polar surface area (TPSA) is 27.2 Å². The lowest BCUT2D eigenvalue weighted by atomic mass is 10.2. The van der Waals surface area contributed by atoms with Crippen LogP contribution < -0.4 is 9.51 Å². The summed E-state index contributed by atoms with van der Waals surface area (Å²) in [5.41, 5.74) is 1.53. The highest BCUT2D eigenvalue weighted by molar-refractivity contribution is 5.54. The summed E-state index contributed by atoms with van der Waals surface area (Å²) < 4.78 is 1.83. The highest BCUT2D eigenvalue weighted by Gasteiger charge is 2.01. The van der Waals surface area contributed by atoms with Crippen LogP contribution in [0.5, 0.6) is 5.75 Å². The maximum absolute atomic E-state index is 11.5. The Balaban J connectivity index is 2.91. The van der Waals surface area contributed by atoms with Gasteiger partial charge in [0.2, 0.25) is 5.52 Å². The zero-order valence-corrected chi connectivity index (χ0v) is 6.82. The number of rotatable bonds is 0. The molecule has 0 aromatic carbocycles. The smallest absolute Gasteiger partial charge is 0.203 e. The first-order chi connectivity index (χ1) is 5.79. The monoisotopic (exact) mass is 159 g/mol. The van der Waals surface area contributed by atoms with Crippen molar-refractivity contribution in [3.05, 3.63) is 42.2 Å². The maximum atomic E-state index is 11.5. The average molecular weight is 159 g/mol. The molecule has 2 heteroatoms. The second-order valence-electron chi connectivity index (χ2n) is 2.82. The van der Waals surface area contributed by atoms with Crippen molar-refractivity contribution in [2.24, 2.45) is 0 Å². The highest BCUT2D eigenvalue weighted by atomic mass is 16.3. The number of aromatic nitrogens is 1. The van der Waals surface area contributed by atoms with Crippen molar-refractivity contribution in [2.45, 2.75) is 6.92 Å². The van der Waals surface area contributed by atoms with Crippen LogP contribution in [0.3, 0.4) is 0 Å². The number of hydrogen-bond donors (Lipinski definition) is 0. The maximum Gasteiger partial charge on any atom is 0.203 e. The second-order valence-corrected chi connectivity index (χ2v) is 2.82. The Hall–Kier alpha value is -1.57. The van der Waals surface area contributed by atoms with Gasteiger partial charge in [0.15, 0.2) is 12.4 Å². The lowest BCUT2D eigenvalue weighted by Gasteiger charge is -2.07. The molecule has 0 radical (unpaired) electrons. The van der Waals surface area contributed by atoms with Crippen molar-refractivity contribution in [1.82, 2.24) is 0 Å². The molecule has 12 heavy (non-hydrogen) atoms. The van der Waals surface area contributed by atoms with E-state index >= 15 is 0 Å². The van der Waals surface area contributed by atoms with E-state index in [4.69, 9.17) is 0 Å². The summed E-state index contributed by atoms with van der Waals surface area (Å²) in [6.45, 7) is 1.83. The minimum Gasteiger partial charge on any atom is -0.868 e. The van der Waals surface area contributed by atoms with Crippen molar-refractivity contribution in [1.29, 1.82) is 0 Å². The fourth-order valence-corrected chi connectivity index (χ4v) is 1.25. The molecule has 0 N–H and O–H groups in total. The minimum absolute atomic E-state index is 0.109. The summed E-state index contributed by atoms with van der Waals surface area (Å²) in [6, 6.07) is 7.43. The van der Waals surface area contributed by atoms with Gasteiger partial charge in [-0.25, -0.2) is 0 Å². The van der Waals surface area contributed by atoms with E-state index in [1.165, 1.54) is 0 Å². The third kappa shape index (κ3) is 0.925. The molecule has 2 nitrogen and oxygen atoms in total. The van der Waals surface area contributed by atoms with Gasteiger partial charge in [-0.3, -0.25) is 0 Å². The van der Waals surface area contributed by atoms with E-state index < -0.39 is 0 Å². The van der Waals surface area contributed by atoms with Gasteiger partial charge in [-0.2, -0.15) is 4.40 Å². The molecule has 0 unspecified atom stereocenters. The summed E-state index contributed by atoms with van der Waals surface area (Å²) in [4.78, 5) is 0. The van der Waals surface area contributed by atoms with Crippen molar-refractivity contribution < 1.29 is 9.51 Å². The van der Waals surface area contributed by atoms with E-state index in [0.29, 0.717) is 0 Å². The van der Waals surface area contributed by atoms with Crippen LogP contribution >= 0.6 is 0 Å². The molecule has 0 aliphatic heterocycles. The molecule has 0 saturated carbocycles. The quantitative estimate of drug-likeness (QED) is 0.522. The number of pyridine rings is 2. The van der Waals surface area contributed by atoms with E-state index in [1.54, 1.807) is 0 Å². The van der Waals surface area contributed by atoms with Crippen LogP contribution in [0.4, 0.5) is 0 Å². The van der Waals surface area contributed by atoms with Crippen LogP contribution in [0.1, 0.15) is 5.56 Å². The summed E-state index contributed by atoms with van der Waals surface area (Å²) in [7, 11) is 0. The highest BCUT2D eigenvalue weighted by Crippen LogP contribution is 2.14. The minimum atomic E-state index is 0.109. The van der Waals surface area contributed by atoms with Crippen molar-refractivity contribution in [3.8, 4) is 5.75 Å². The number of nitrogens with zero attached hydrogens (tertiary/aromatic N) is 1. The molecule has 0 amide bonds. The molecule has 2 heterocycles. The normalized spacial score (nSPS) is 10.4. The largest absolute Gasteiger partial charge is 0.868 e. The van der Waals surface area contributed by atoms with E-state index in [2.05, 4.69) is 0 Å². The number of fused-ring (bicyclic) bond motifs is 1. The lowest BCUT2D eigenvalue weighted by Crippen LogP contribution is -2.21. The molecule has 0 spiro atoms. The van der Waals surface area contributed by atoms with Crippen LogP contribution in [0, 0.1) is 6.92 Å². The van der Waals surface area contributed by atoms with Crippen LogP contribution in [-0.4, -0.2) is 0 Å². The first-order valence-electron chi connectivity index (χ1n) is 3.85. The Morgan fingerprint density at radius 2 is 2.00 bits per heavy atom. The first-order valence-corrected chi connectivity index (χ1v) is 3.85. The van der Waals surface area contributed by atoms with Gasteiger partial charge in [-0.1, -0.05) is 0 Å². The van der Waals surface area contributed by atoms with Crippen LogP contribution in [-0.2, 0) is 0 Å². The van der Waals surface area contributed by atoms with Crippen molar-refractivity contribution in [2.75, 3.05) is 0 Å². The van der Waals surface area contributed by atoms with Crippen LogP contribution in [0.15, 0.2) is 36.7 Å². The summed E-state index contributed by atoms with van der Waals surface area (Å²) in [5, 5.41) is 11.5. The molecule has 0 atom stereocenters. The van der Waals surface area contributed by atoms with Gasteiger partial charge in [0.1, 0.15) is 0 Å². The first kappa shape index (κ1) is 7.10. The average Bonchev–Trinajstić information content (AvgIpc) is 2.12. The Kier molecular flexibility index (Phi) is 1.47. The van der Waals surface area contributed by atoms with Gasteiger partial charge >= 0.3 is 0 Å². The number of aryl methyl sites for hydroxylation is 1. The summed E-state index contributed by atoms with van der Waals surface area (Å²) >= 11 is 0. The van der Waals surface area contributed by atoms with Gasteiger partial charge < -0.3 is 5.11 Å². The molecule has 2 aromatic heterocycles. The Bertz CT molecular complexity index is 423. The Morgan fingerprint density at radius 3 is 2.83 bits per heavy atom. The van der Waals surface area contributed by atoms with E-state index in [-0.39, 0.29) is 5.75 Å². The molecule has 2 aromatic rings. The Labute approximate surface area is 70.7 Å². The zero-order chi connectivity index (χ0) is 8.55. The molecular formula is C10H9NO. The third-order valence-electron chi connectivity index (χ3n) is 1.97. The fraction of sp³-hybridized carbons (Fsp3) is 0.100. The molecule has 0 fully saturated rings. The van der Waals surface area contributed by atoms with Crippen molar-refractivity contribution in [3.63, 3.8) is 0 Å². The van der Waals surface area contributed by atoms with Gasteiger partial charge in [0.05, 0.1) is 0 Å². The number of hydrogen-bond acceptors (Lipinski definition) is 1. The molecule has 0 aliphatic rings. The standard InChI is InChI=1S/C10H9NO/c1-8-5-7-11-6-3-2-4-9(11)10(8)12/h2-7H,1H3. The van der Waals surface area contributed by atoms with Gasteiger partial charge in [-0.05, 0) is 24.3 Å². The summed E-state index contributed by atoms with van der Waals surface area (Å²) in [5.74, 6) is 0.109. The second kappa shape index (κ2) is 2.48. The summed E-state index contributed by atoms with van der Waals surface area (Å²) in [6.07, 6.45) is 3.77. The fourth-order valence-electron chi connectivity index (χ4n) is 1.25. The predicted molar refractivity (Wildman–Crippen MR) is 43.8 cm³/mol.